The quantitative estimate of drug-likeness (QED) is 0.399. The number of nitrogens with zero attached hydrogens (tertiary/aromatic N) is 5. The maximum absolute atomic E-state index is 12.7. The van der Waals surface area contributed by atoms with Crippen molar-refractivity contribution in [1.29, 1.82) is 0 Å². The minimum absolute atomic E-state index is 0.00789. The standard InChI is InChI=1S/C23H21N7O4S/c1-15-12-21(26-16(2)25-15)29-35(33,34)19-7-5-18(6-8-19)27-22(31)14-30-23(32)10-9-20(28-30)17-4-3-11-24-13-17/h3-13H,14H2,1-2H3,(H,27,31)(H,25,26,29). The number of sulfonamides is 1. The molecular formula is C23H21N7O4S. The molecule has 0 aliphatic rings. The molecule has 2 N–H and O–H groups in total. The molecule has 0 saturated heterocycles. The van der Waals surface area contributed by atoms with E-state index < -0.39 is 21.5 Å². The third kappa shape index (κ3) is 5.92. The van der Waals surface area contributed by atoms with Crippen molar-refractivity contribution in [3.8, 4) is 11.3 Å². The molecule has 0 unspecified atom stereocenters. The summed E-state index contributed by atoms with van der Waals surface area (Å²) in [6, 6.07) is 13.6. The van der Waals surface area contributed by atoms with E-state index in [-0.39, 0.29) is 17.3 Å². The van der Waals surface area contributed by atoms with Crippen LogP contribution in [0, 0.1) is 13.8 Å². The Hall–Kier alpha value is -4.45. The molecular weight excluding hydrogens is 470 g/mol. The zero-order valence-corrected chi connectivity index (χ0v) is 19.7. The van der Waals surface area contributed by atoms with Crippen molar-refractivity contribution in [2.45, 2.75) is 25.3 Å². The highest BCUT2D eigenvalue weighted by molar-refractivity contribution is 7.92. The van der Waals surface area contributed by atoms with E-state index in [0.717, 1.165) is 4.68 Å². The number of amides is 1. The van der Waals surface area contributed by atoms with E-state index in [4.69, 9.17) is 0 Å². The van der Waals surface area contributed by atoms with Crippen LogP contribution >= 0.6 is 0 Å². The molecule has 0 fully saturated rings. The fourth-order valence-electron chi connectivity index (χ4n) is 3.25. The molecule has 3 aromatic heterocycles. The lowest BCUT2D eigenvalue weighted by atomic mass is 10.2. The lowest BCUT2D eigenvalue weighted by molar-refractivity contribution is -0.117. The molecule has 11 nitrogen and oxygen atoms in total. The van der Waals surface area contributed by atoms with E-state index in [0.29, 0.717) is 28.5 Å². The minimum Gasteiger partial charge on any atom is -0.324 e. The van der Waals surface area contributed by atoms with Gasteiger partial charge in [0.2, 0.25) is 5.91 Å². The third-order valence-electron chi connectivity index (χ3n) is 4.77. The van der Waals surface area contributed by atoms with Crippen LogP contribution in [0.2, 0.25) is 0 Å². The average molecular weight is 492 g/mol. The van der Waals surface area contributed by atoms with E-state index in [1.807, 2.05) is 0 Å². The van der Waals surface area contributed by atoms with Gasteiger partial charge in [0, 0.05) is 41.5 Å². The SMILES string of the molecule is Cc1cc(NS(=O)(=O)c2ccc(NC(=O)Cn3nc(-c4cccnc4)ccc3=O)cc2)nc(C)n1. The van der Waals surface area contributed by atoms with E-state index in [9.17, 15) is 18.0 Å². The lowest BCUT2D eigenvalue weighted by Gasteiger charge is -2.10. The number of rotatable bonds is 7. The summed E-state index contributed by atoms with van der Waals surface area (Å²) < 4.78 is 28.8. The van der Waals surface area contributed by atoms with Crippen LogP contribution in [0.5, 0.6) is 0 Å². The topological polar surface area (TPSA) is 149 Å². The number of carbonyl (C=O) groups is 1. The van der Waals surface area contributed by atoms with Crippen LogP contribution in [0.4, 0.5) is 11.5 Å². The molecule has 0 radical (unpaired) electrons. The van der Waals surface area contributed by atoms with Gasteiger partial charge in [0.1, 0.15) is 18.2 Å². The normalized spacial score (nSPS) is 11.1. The van der Waals surface area contributed by atoms with Crippen molar-refractivity contribution in [3.05, 3.63) is 88.9 Å². The van der Waals surface area contributed by atoms with Gasteiger partial charge in [0.15, 0.2) is 0 Å². The number of nitrogens with one attached hydrogen (secondary N) is 2. The molecule has 0 aliphatic heterocycles. The van der Waals surface area contributed by atoms with Gasteiger partial charge in [-0.25, -0.2) is 23.1 Å². The minimum atomic E-state index is -3.89. The number of carbonyl (C=O) groups excluding carboxylic acids is 1. The molecule has 4 rings (SSSR count). The summed E-state index contributed by atoms with van der Waals surface area (Å²) >= 11 is 0. The Morgan fingerprint density at radius 3 is 2.49 bits per heavy atom. The predicted octanol–water partition coefficient (Wildman–Crippen LogP) is 2.15. The summed E-state index contributed by atoms with van der Waals surface area (Å²) in [6.45, 7) is 3.09. The molecule has 12 heteroatoms. The Labute approximate surface area is 201 Å². The Morgan fingerprint density at radius 2 is 1.80 bits per heavy atom. The van der Waals surface area contributed by atoms with Crippen LogP contribution in [0.1, 0.15) is 11.5 Å². The summed E-state index contributed by atoms with van der Waals surface area (Å²) in [5.74, 6) is 0.114. The van der Waals surface area contributed by atoms with Crippen molar-refractivity contribution in [2.24, 2.45) is 0 Å². The Bertz CT molecular complexity index is 1520. The molecule has 0 aliphatic carbocycles. The second-order valence-electron chi connectivity index (χ2n) is 7.58. The first-order valence-electron chi connectivity index (χ1n) is 10.4. The van der Waals surface area contributed by atoms with E-state index in [1.165, 1.54) is 36.4 Å². The summed E-state index contributed by atoms with van der Waals surface area (Å²) in [5.41, 5.74) is 1.77. The Morgan fingerprint density at radius 1 is 1.03 bits per heavy atom. The van der Waals surface area contributed by atoms with Crippen molar-refractivity contribution in [1.82, 2.24) is 24.7 Å². The fourth-order valence-corrected chi connectivity index (χ4v) is 4.24. The maximum Gasteiger partial charge on any atom is 0.267 e. The predicted molar refractivity (Wildman–Crippen MR) is 129 cm³/mol. The molecule has 0 saturated carbocycles. The number of anilines is 2. The number of benzene rings is 1. The van der Waals surface area contributed by atoms with Crippen LogP contribution < -0.4 is 15.6 Å². The lowest BCUT2D eigenvalue weighted by Crippen LogP contribution is -2.29. The van der Waals surface area contributed by atoms with Gasteiger partial charge in [-0.1, -0.05) is 0 Å². The average Bonchev–Trinajstić information content (AvgIpc) is 2.80. The van der Waals surface area contributed by atoms with Crippen molar-refractivity contribution in [2.75, 3.05) is 10.0 Å². The zero-order valence-electron chi connectivity index (χ0n) is 18.8. The smallest absolute Gasteiger partial charge is 0.267 e. The van der Waals surface area contributed by atoms with Gasteiger partial charge in [-0.3, -0.25) is 19.3 Å². The molecule has 1 aromatic carbocycles. The molecule has 3 heterocycles. The van der Waals surface area contributed by atoms with Gasteiger partial charge in [0.05, 0.1) is 10.6 Å². The molecule has 4 aromatic rings. The van der Waals surface area contributed by atoms with Crippen LogP contribution in [0.3, 0.4) is 0 Å². The molecule has 0 atom stereocenters. The third-order valence-corrected chi connectivity index (χ3v) is 6.14. The first-order chi connectivity index (χ1) is 16.7. The first-order valence-corrected chi connectivity index (χ1v) is 11.9. The number of aryl methyl sites for hydroxylation is 2. The van der Waals surface area contributed by atoms with Crippen molar-refractivity contribution < 1.29 is 13.2 Å². The van der Waals surface area contributed by atoms with Gasteiger partial charge in [-0.15, -0.1) is 0 Å². The summed E-state index contributed by atoms with van der Waals surface area (Å²) in [6.07, 6.45) is 3.23. The molecule has 35 heavy (non-hydrogen) atoms. The van der Waals surface area contributed by atoms with Gasteiger partial charge < -0.3 is 5.32 Å². The second-order valence-corrected chi connectivity index (χ2v) is 9.26. The molecule has 178 valence electrons. The number of aromatic nitrogens is 5. The maximum atomic E-state index is 12.7. The monoisotopic (exact) mass is 491 g/mol. The zero-order chi connectivity index (χ0) is 25.0. The van der Waals surface area contributed by atoms with E-state index in [1.54, 1.807) is 44.4 Å². The second kappa shape index (κ2) is 9.81. The molecule has 0 bridgehead atoms. The number of hydrogen-bond acceptors (Lipinski definition) is 8. The number of hydrogen-bond donors (Lipinski definition) is 2. The largest absolute Gasteiger partial charge is 0.324 e. The van der Waals surface area contributed by atoms with Crippen LogP contribution in [-0.4, -0.2) is 39.1 Å². The van der Waals surface area contributed by atoms with E-state index in [2.05, 4.69) is 30.1 Å². The van der Waals surface area contributed by atoms with Gasteiger partial charge >= 0.3 is 0 Å². The fraction of sp³-hybridized carbons (Fsp3) is 0.130. The van der Waals surface area contributed by atoms with Gasteiger partial charge in [-0.05, 0) is 56.3 Å². The Balaban J connectivity index is 1.44. The van der Waals surface area contributed by atoms with Crippen LogP contribution in [-0.2, 0) is 21.4 Å². The molecule has 1 amide bonds. The first kappa shape index (κ1) is 23.7. The summed E-state index contributed by atoms with van der Waals surface area (Å²) in [7, 11) is -3.89. The van der Waals surface area contributed by atoms with E-state index >= 15 is 0 Å². The van der Waals surface area contributed by atoms with Crippen LogP contribution in [0.15, 0.2) is 76.7 Å². The molecule has 0 spiro atoms. The van der Waals surface area contributed by atoms with Crippen LogP contribution in [0.25, 0.3) is 11.3 Å². The summed E-state index contributed by atoms with van der Waals surface area (Å²) in [5, 5.41) is 6.86. The number of pyridine rings is 1. The highest BCUT2D eigenvalue weighted by Gasteiger charge is 2.16. The van der Waals surface area contributed by atoms with Gasteiger partial charge in [0.25, 0.3) is 15.6 Å². The van der Waals surface area contributed by atoms with Crippen molar-refractivity contribution >= 4 is 27.4 Å². The highest BCUT2D eigenvalue weighted by Crippen LogP contribution is 2.18. The van der Waals surface area contributed by atoms with Crippen molar-refractivity contribution in [3.63, 3.8) is 0 Å². The highest BCUT2D eigenvalue weighted by atomic mass is 32.2. The Kier molecular flexibility index (Phi) is 6.64. The summed E-state index contributed by atoms with van der Waals surface area (Å²) in [4.78, 5) is 36.9. The van der Waals surface area contributed by atoms with Gasteiger partial charge in [-0.2, -0.15) is 5.10 Å².